The minimum absolute atomic E-state index is 0.0539. The van der Waals surface area contributed by atoms with E-state index in [-0.39, 0.29) is 24.9 Å². The van der Waals surface area contributed by atoms with Crippen molar-refractivity contribution in [2.24, 2.45) is 0 Å². The smallest absolute Gasteiger partial charge is 0.417 e. The van der Waals surface area contributed by atoms with E-state index in [9.17, 15) is 22.8 Å². The molecule has 0 N–H and O–H groups in total. The first-order valence-electron chi connectivity index (χ1n) is 4.72. The van der Waals surface area contributed by atoms with Gasteiger partial charge in [-0.1, -0.05) is 0 Å². The Morgan fingerprint density at radius 3 is 1.94 bits per heavy atom. The summed E-state index contributed by atoms with van der Waals surface area (Å²) in [5, 5.41) is 0. The van der Waals surface area contributed by atoms with E-state index in [2.05, 4.69) is 0 Å². The van der Waals surface area contributed by atoms with Gasteiger partial charge in [0.15, 0.2) is 12.6 Å². The highest BCUT2D eigenvalue weighted by Crippen LogP contribution is 2.35. The second-order valence-electron chi connectivity index (χ2n) is 3.14. The lowest BCUT2D eigenvalue weighted by Crippen LogP contribution is -2.13. The van der Waals surface area contributed by atoms with Gasteiger partial charge in [0.25, 0.3) is 0 Å². The molecule has 0 heterocycles. The van der Waals surface area contributed by atoms with Gasteiger partial charge in [0, 0.05) is 11.1 Å². The molecule has 0 bridgehead atoms. The van der Waals surface area contributed by atoms with Crippen LogP contribution in [0.2, 0.25) is 0 Å². The molecule has 0 aliphatic rings. The fraction of sp³-hybridized carbons (Fsp3) is 0.273. The second-order valence-corrected chi connectivity index (χ2v) is 3.14. The van der Waals surface area contributed by atoms with Crippen LogP contribution in [0.25, 0.3) is 0 Å². The van der Waals surface area contributed by atoms with E-state index in [4.69, 9.17) is 4.74 Å². The summed E-state index contributed by atoms with van der Waals surface area (Å²) < 4.78 is 42.9. The number of carbonyl (C=O) groups is 2. The largest absolute Gasteiger partial charge is 0.494 e. The minimum atomic E-state index is -4.75. The molecular formula is C11H9F3O3. The minimum Gasteiger partial charge on any atom is -0.494 e. The van der Waals surface area contributed by atoms with Gasteiger partial charge in [0.05, 0.1) is 12.2 Å². The topological polar surface area (TPSA) is 43.4 Å². The van der Waals surface area contributed by atoms with Crippen LogP contribution in [0.4, 0.5) is 13.2 Å². The maximum Gasteiger partial charge on any atom is 0.417 e. The van der Waals surface area contributed by atoms with Crippen molar-refractivity contribution >= 4 is 12.6 Å². The summed E-state index contributed by atoms with van der Waals surface area (Å²) in [4.78, 5) is 21.3. The normalized spacial score (nSPS) is 11.1. The van der Waals surface area contributed by atoms with Gasteiger partial charge in [-0.2, -0.15) is 13.2 Å². The zero-order chi connectivity index (χ0) is 13.1. The monoisotopic (exact) mass is 246 g/mol. The van der Waals surface area contributed by atoms with E-state index in [1.807, 2.05) is 0 Å². The van der Waals surface area contributed by atoms with Crippen LogP contribution in [0, 0.1) is 0 Å². The lowest BCUT2D eigenvalue weighted by molar-refractivity contribution is -0.138. The molecule has 0 aliphatic heterocycles. The molecule has 1 rings (SSSR count). The van der Waals surface area contributed by atoms with E-state index < -0.39 is 22.9 Å². The van der Waals surface area contributed by atoms with Crippen LogP contribution in [0.5, 0.6) is 5.75 Å². The van der Waals surface area contributed by atoms with E-state index >= 15 is 0 Å². The molecule has 92 valence electrons. The zero-order valence-corrected chi connectivity index (χ0v) is 8.88. The summed E-state index contributed by atoms with van der Waals surface area (Å²) in [5.74, 6) is 0.0599. The summed E-state index contributed by atoms with van der Waals surface area (Å²) in [6, 6.07) is 1.93. The maximum absolute atomic E-state index is 12.6. The van der Waals surface area contributed by atoms with Crippen molar-refractivity contribution in [2.45, 2.75) is 13.1 Å². The lowest BCUT2D eigenvalue weighted by Gasteiger charge is -2.13. The summed E-state index contributed by atoms with van der Waals surface area (Å²) in [6.45, 7) is 1.86. The Morgan fingerprint density at radius 2 is 1.65 bits per heavy atom. The van der Waals surface area contributed by atoms with E-state index in [1.165, 1.54) is 0 Å². The molecule has 6 heteroatoms. The first-order chi connectivity index (χ1) is 7.93. The highest BCUT2D eigenvalue weighted by Gasteiger charge is 2.36. The van der Waals surface area contributed by atoms with Crippen LogP contribution in [-0.2, 0) is 6.18 Å². The van der Waals surface area contributed by atoms with Crippen molar-refractivity contribution in [1.29, 1.82) is 0 Å². The van der Waals surface area contributed by atoms with E-state index in [1.54, 1.807) is 6.92 Å². The Hall–Kier alpha value is -1.85. The van der Waals surface area contributed by atoms with Crippen LogP contribution < -0.4 is 4.74 Å². The Kier molecular flexibility index (Phi) is 3.88. The van der Waals surface area contributed by atoms with Crippen molar-refractivity contribution in [3.8, 4) is 5.75 Å². The second kappa shape index (κ2) is 4.99. The fourth-order valence-electron chi connectivity index (χ4n) is 1.42. The third kappa shape index (κ3) is 2.83. The zero-order valence-electron chi connectivity index (χ0n) is 8.88. The van der Waals surface area contributed by atoms with Crippen molar-refractivity contribution in [2.75, 3.05) is 6.61 Å². The van der Waals surface area contributed by atoms with Crippen molar-refractivity contribution in [1.82, 2.24) is 0 Å². The quantitative estimate of drug-likeness (QED) is 0.767. The Morgan fingerprint density at radius 1 is 1.18 bits per heavy atom. The predicted molar refractivity (Wildman–Crippen MR) is 53.4 cm³/mol. The van der Waals surface area contributed by atoms with Crippen LogP contribution in [-0.4, -0.2) is 19.2 Å². The number of ether oxygens (including phenoxy) is 1. The number of aldehydes is 2. The number of hydrogen-bond acceptors (Lipinski definition) is 3. The SMILES string of the molecule is CCOc1cc(C=O)c(C(F)(F)F)c(C=O)c1. The molecule has 1 aromatic rings. The van der Waals surface area contributed by atoms with Crippen molar-refractivity contribution < 1.29 is 27.5 Å². The number of benzene rings is 1. The summed E-state index contributed by atoms with van der Waals surface area (Å²) >= 11 is 0. The van der Waals surface area contributed by atoms with Crippen molar-refractivity contribution in [3.05, 3.63) is 28.8 Å². The fourth-order valence-corrected chi connectivity index (χ4v) is 1.42. The molecule has 0 saturated heterocycles. The highest BCUT2D eigenvalue weighted by atomic mass is 19.4. The van der Waals surface area contributed by atoms with Gasteiger partial charge in [0.2, 0.25) is 0 Å². The number of carbonyl (C=O) groups excluding carboxylic acids is 2. The summed E-state index contributed by atoms with van der Waals surface area (Å²) in [7, 11) is 0. The Bertz CT molecular complexity index is 409. The molecule has 0 aromatic heterocycles. The van der Waals surface area contributed by atoms with Gasteiger partial charge in [-0.3, -0.25) is 9.59 Å². The van der Waals surface area contributed by atoms with Crippen molar-refractivity contribution in [3.63, 3.8) is 0 Å². The summed E-state index contributed by atoms with van der Waals surface area (Å²) in [5.41, 5.74) is -2.44. The lowest BCUT2D eigenvalue weighted by atomic mass is 10.0. The average Bonchev–Trinajstić information content (AvgIpc) is 2.26. The Balaban J connectivity index is 3.47. The van der Waals surface area contributed by atoms with Gasteiger partial charge in [-0.05, 0) is 19.1 Å². The molecule has 0 radical (unpaired) electrons. The number of hydrogen-bond donors (Lipinski definition) is 0. The molecule has 3 nitrogen and oxygen atoms in total. The number of halogens is 3. The molecule has 0 unspecified atom stereocenters. The third-order valence-corrected chi connectivity index (χ3v) is 2.02. The van der Waals surface area contributed by atoms with Crippen LogP contribution in [0.3, 0.4) is 0 Å². The molecule has 0 saturated carbocycles. The van der Waals surface area contributed by atoms with Gasteiger partial charge in [0.1, 0.15) is 5.75 Å². The molecular weight excluding hydrogens is 237 g/mol. The first kappa shape index (κ1) is 13.2. The molecule has 0 amide bonds. The third-order valence-electron chi connectivity index (χ3n) is 2.02. The molecule has 0 spiro atoms. The van der Waals surface area contributed by atoms with Gasteiger partial charge in [-0.15, -0.1) is 0 Å². The highest BCUT2D eigenvalue weighted by molar-refractivity contribution is 5.87. The standard InChI is InChI=1S/C11H9F3O3/c1-2-17-9-3-7(5-15)10(11(12,13)14)8(4-9)6-16/h3-6H,2H2,1H3. The van der Waals surface area contributed by atoms with Gasteiger partial charge < -0.3 is 4.74 Å². The van der Waals surface area contributed by atoms with Crippen LogP contribution >= 0.6 is 0 Å². The Labute approximate surface area is 95.2 Å². The van der Waals surface area contributed by atoms with Gasteiger partial charge in [-0.25, -0.2) is 0 Å². The molecule has 17 heavy (non-hydrogen) atoms. The van der Waals surface area contributed by atoms with Crippen LogP contribution in [0.1, 0.15) is 33.2 Å². The van der Waals surface area contributed by atoms with Crippen LogP contribution in [0.15, 0.2) is 12.1 Å². The number of rotatable bonds is 4. The molecule has 0 atom stereocenters. The molecule has 0 fully saturated rings. The summed E-state index contributed by atoms with van der Waals surface area (Å²) in [6.07, 6.45) is -4.64. The molecule has 0 aliphatic carbocycles. The first-order valence-corrected chi connectivity index (χ1v) is 4.72. The molecule has 1 aromatic carbocycles. The van der Waals surface area contributed by atoms with E-state index in [0.717, 1.165) is 12.1 Å². The maximum atomic E-state index is 12.6. The van der Waals surface area contributed by atoms with E-state index in [0.29, 0.717) is 0 Å². The number of alkyl halides is 3. The average molecular weight is 246 g/mol. The predicted octanol–water partition coefficient (Wildman–Crippen LogP) is 2.73. The van der Waals surface area contributed by atoms with Gasteiger partial charge >= 0.3 is 6.18 Å².